The van der Waals surface area contributed by atoms with Gasteiger partial charge < -0.3 is 14.4 Å². The van der Waals surface area contributed by atoms with Crippen molar-refractivity contribution in [2.45, 2.75) is 19.9 Å². The topological polar surface area (TPSA) is 64.5 Å². The van der Waals surface area contributed by atoms with Crippen molar-refractivity contribution < 1.29 is 14.3 Å². The van der Waals surface area contributed by atoms with Crippen LogP contribution in [0.5, 0.6) is 0 Å². The van der Waals surface area contributed by atoms with Gasteiger partial charge in [-0.25, -0.2) is 14.8 Å². The first-order chi connectivity index (χ1) is 10.6. The molecule has 116 valence electrons. The van der Waals surface area contributed by atoms with Gasteiger partial charge in [0.2, 0.25) is 0 Å². The highest BCUT2D eigenvalue weighted by Gasteiger charge is 2.22. The maximum atomic E-state index is 11.7. The molecule has 0 amide bonds. The Labute approximate surface area is 129 Å². The zero-order valence-corrected chi connectivity index (χ0v) is 13.0. The summed E-state index contributed by atoms with van der Waals surface area (Å²) in [4.78, 5) is 23.2. The van der Waals surface area contributed by atoms with Crippen LogP contribution < -0.4 is 4.90 Å². The average molecular weight is 301 g/mol. The first kappa shape index (κ1) is 14.7. The molecule has 0 saturated carbocycles. The van der Waals surface area contributed by atoms with Crippen molar-refractivity contribution in [2.75, 3.05) is 31.8 Å². The molecule has 2 aromatic rings. The summed E-state index contributed by atoms with van der Waals surface area (Å²) >= 11 is 0. The van der Waals surface area contributed by atoms with E-state index < -0.39 is 0 Å². The van der Waals surface area contributed by atoms with Crippen molar-refractivity contribution in [2.24, 2.45) is 0 Å². The summed E-state index contributed by atoms with van der Waals surface area (Å²) in [5.41, 5.74) is 2.83. The molecule has 1 aliphatic heterocycles. The van der Waals surface area contributed by atoms with E-state index in [0.717, 1.165) is 23.6 Å². The number of anilines is 1. The van der Waals surface area contributed by atoms with Crippen molar-refractivity contribution in [3.8, 4) is 0 Å². The molecule has 1 fully saturated rings. The van der Waals surface area contributed by atoms with Gasteiger partial charge in [-0.2, -0.15) is 0 Å². The molecule has 22 heavy (non-hydrogen) atoms. The van der Waals surface area contributed by atoms with Crippen molar-refractivity contribution in [1.82, 2.24) is 9.97 Å². The number of hydrogen-bond donors (Lipinski definition) is 0. The van der Waals surface area contributed by atoms with Crippen LogP contribution in [0.25, 0.3) is 11.0 Å². The Morgan fingerprint density at radius 1 is 1.36 bits per heavy atom. The zero-order chi connectivity index (χ0) is 15.7. The minimum absolute atomic E-state index is 0.253. The molecule has 0 aliphatic carbocycles. The van der Waals surface area contributed by atoms with Crippen LogP contribution in [0.2, 0.25) is 0 Å². The van der Waals surface area contributed by atoms with Gasteiger partial charge in [0.15, 0.2) is 5.82 Å². The lowest BCUT2D eigenvalue weighted by atomic mass is 10.2. The maximum absolute atomic E-state index is 11.7. The SMILES string of the molecule is COC(=O)c1ccc2nc(C)c(N3CCOC[C@@H]3C)nc2c1. The monoisotopic (exact) mass is 301 g/mol. The number of rotatable bonds is 2. The van der Waals surface area contributed by atoms with Gasteiger partial charge in [-0.05, 0) is 32.0 Å². The smallest absolute Gasteiger partial charge is 0.337 e. The van der Waals surface area contributed by atoms with Crippen LogP contribution in [-0.2, 0) is 9.47 Å². The van der Waals surface area contributed by atoms with Crippen LogP contribution in [0.4, 0.5) is 5.82 Å². The molecule has 1 aliphatic rings. The van der Waals surface area contributed by atoms with E-state index in [-0.39, 0.29) is 12.0 Å². The fourth-order valence-corrected chi connectivity index (χ4v) is 2.69. The number of methoxy groups -OCH3 is 1. The number of hydrogen-bond acceptors (Lipinski definition) is 6. The quantitative estimate of drug-likeness (QED) is 0.790. The van der Waals surface area contributed by atoms with Crippen LogP contribution in [0.1, 0.15) is 23.0 Å². The Bertz CT molecular complexity index is 717. The summed E-state index contributed by atoms with van der Waals surface area (Å²) in [5.74, 6) is 0.482. The molecule has 0 N–H and O–H groups in total. The van der Waals surface area contributed by atoms with E-state index in [2.05, 4.69) is 16.8 Å². The number of carbonyl (C=O) groups excluding carboxylic acids is 1. The predicted molar refractivity (Wildman–Crippen MR) is 83.2 cm³/mol. The third-order valence-electron chi connectivity index (χ3n) is 3.87. The Morgan fingerprint density at radius 3 is 2.91 bits per heavy atom. The number of carbonyl (C=O) groups is 1. The van der Waals surface area contributed by atoms with E-state index in [1.165, 1.54) is 7.11 Å². The van der Waals surface area contributed by atoms with Crippen molar-refractivity contribution in [3.63, 3.8) is 0 Å². The Kier molecular flexibility index (Phi) is 3.94. The summed E-state index contributed by atoms with van der Waals surface area (Å²) < 4.78 is 10.2. The number of nitrogens with zero attached hydrogens (tertiary/aromatic N) is 3. The molecule has 6 heteroatoms. The Balaban J connectivity index is 2.06. The van der Waals surface area contributed by atoms with Gasteiger partial charge in [-0.1, -0.05) is 0 Å². The highest BCUT2D eigenvalue weighted by Crippen LogP contribution is 2.24. The predicted octanol–water partition coefficient (Wildman–Crippen LogP) is 1.95. The molecule has 1 aromatic heterocycles. The van der Waals surface area contributed by atoms with Crippen LogP contribution in [0.15, 0.2) is 18.2 Å². The highest BCUT2D eigenvalue weighted by molar-refractivity contribution is 5.93. The van der Waals surface area contributed by atoms with Crippen molar-refractivity contribution in [3.05, 3.63) is 29.5 Å². The number of benzene rings is 1. The van der Waals surface area contributed by atoms with Gasteiger partial charge in [0.05, 0.1) is 48.7 Å². The van der Waals surface area contributed by atoms with E-state index in [9.17, 15) is 4.79 Å². The van der Waals surface area contributed by atoms with E-state index in [0.29, 0.717) is 24.3 Å². The molecule has 1 atom stereocenters. The standard InChI is InChI=1S/C16H19N3O3/c1-10-9-22-7-6-19(10)15-11(2)17-13-5-4-12(16(20)21-3)8-14(13)18-15/h4-5,8,10H,6-7,9H2,1-3H3/t10-/m0/s1. The highest BCUT2D eigenvalue weighted by atomic mass is 16.5. The van der Waals surface area contributed by atoms with Crippen LogP contribution in [-0.4, -0.2) is 48.8 Å². The maximum Gasteiger partial charge on any atom is 0.337 e. The first-order valence-corrected chi connectivity index (χ1v) is 7.31. The van der Waals surface area contributed by atoms with Crippen LogP contribution in [0, 0.1) is 6.92 Å². The number of ether oxygens (including phenoxy) is 2. The minimum Gasteiger partial charge on any atom is -0.465 e. The molecule has 3 rings (SSSR count). The summed E-state index contributed by atoms with van der Waals surface area (Å²) in [6, 6.07) is 5.48. The first-order valence-electron chi connectivity index (χ1n) is 7.31. The lowest BCUT2D eigenvalue weighted by Crippen LogP contribution is -2.44. The Morgan fingerprint density at radius 2 is 2.18 bits per heavy atom. The Hall–Kier alpha value is -2.21. The average Bonchev–Trinajstić information content (AvgIpc) is 2.54. The molecule has 1 saturated heterocycles. The third-order valence-corrected chi connectivity index (χ3v) is 3.87. The van der Waals surface area contributed by atoms with Gasteiger partial charge >= 0.3 is 5.97 Å². The molecule has 0 bridgehead atoms. The lowest BCUT2D eigenvalue weighted by Gasteiger charge is -2.34. The van der Waals surface area contributed by atoms with Crippen molar-refractivity contribution in [1.29, 1.82) is 0 Å². The summed E-state index contributed by atoms with van der Waals surface area (Å²) in [6.07, 6.45) is 0. The molecular formula is C16H19N3O3. The molecular weight excluding hydrogens is 282 g/mol. The molecule has 1 aromatic carbocycles. The van der Waals surface area contributed by atoms with Gasteiger partial charge in [-0.15, -0.1) is 0 Å². The number of morpholine rings is 1. The molecule has 0 radical (unpaired) electrons. The van der Waals surface area contributed by atoms with Gasteiger partial charge in [0.25, 0.3) is 0 Å². The number of aryl methyl sites for hydroxylation is 1. The molecule has 6 nitrogen and oxygen atoms in total. The normalized spacial score (nSPS) is 18.5. The zero-order valence-electron chi connectivity index (χ0n) is 13.0. The number of aromatic nitrogens is 2. The third kappa shape index (κ3) is 2.62. The van der Waals surface area contributed by atoms with Crippen molar-refractivity contribution >= 4 is 22.8 Å². The second-order valence-electron chi connectivity index (χ2n) is 5.45. The van der Waals surface area contributed by atoms with Gasteiger partial charge in [0.1, 0.15) is 0 Å². The second kappa shape index (κ2) is 5.88. The van der Waals surface area contributed by atoms with E-state index in [4.69, 9.17) is 14.5 Å². The molecule has 0 spiro atoms. The lowest BCUT2D eigenvalue weighted by molar-refractivity contribution is 0.0601. The van der Waals surface area contributed by atoms with Gasteiger partial charge in [-0.3, -0.25) is 0 Å². The van der Waals surface area contributed by atoms with Crippen LogP contribution >= 0.6 is 0 Å². The second-order valence-corrected chi connectivity index (χ2v) is 5.45. The van der Waals surface area contributed by atoms with E-state index >= 15 is 0 Å². The minimum atomic E-state index is -0.370. The molecule has 2 heterocycles. The fourth-order valence-electron chi connectivity index (χ4n) is 2.69. The summed E-state index contributed by atoms with van der Waals surface area (Å²) in [6.45, 7) is 6.22. The fraction of sp³-hybridized carbons (Fsp3) is 0.438. The largest absolute Gasteiger partial charge is 0.465 e. The molecule has 0 unspecified atom stereocenters. The number of esters is 1. The van der Waals surface area contributed by atoms with E-state index in [1.54, 1.807) is 18.2 Å². The number of fused-ring (bicyclic) bond motifs is 1. The van der Waals surface area contributed by atoms with E-state index in [1.807, 2.05) is 6.92 Å². The summed E-state index contributed by atoms with van der Waals surface area (Å²) in [7, 11) is 1.37. The summed E-state index contributed by atoms with van der Waals surface area (Å²) in [5, 5.41) is 0. The van der Waals surface area contributed by atoms with Crippen LogP contribution in [0.3, 0.4) is 0 Å². The van der Waals surface area contributed by atoms with Gasteiger partial charge in [0, 0.05) is 6.54 Å².